The molecular weight excluding hydrogens is 303 g/mol. The van der Waals surface area contributed by atoms with Crippen LogP contribution in [0.3, 0.4) is 0 Å². The van der Waals surface area contributed by atoms with E-state index < -0.39 is 19.1 Å². The first kappa shape index (κ1) is 16.9. The molecule has 0 spiro atoms. The van der Waals surface area contributed by atoms with Crippen molar-refractivity contribution in [2.24, 2.45) is 0 Å². The molecule has 1 aliphatic heterocycles. The summed E-state index contributed by atoms with van der Waals surface area (Å²) >= 11 is 0. The summed E-state index contributed by atoms with van der Waals surface area (Å²) in [6.45, 7) is 12.2. The molecule has 1 saturated heterocycles. The van der Waals surface area contributed by atoms with E-state index in [1.165, 1.54) is 12.1 Å². The lowest BCUT2D eigenvalue weighted by molar-refractivity contribution is -0.385. The number of hydrogen-bond acceptors (Lipinski definition) is 4. The minimum atomic E-state index is -1.82. The van der Waals surface area contributed by atoms with E-state index in [0.717, 1.165) is 6.07 Å². The maximum absolute atomic E-state index is 14.0. The van der Waals surface area contributed by atoms with E-state index in [1.807, 2.05) is 4.90 Å². The van der Waals surface area contributed by atoms with Gasteiger partial charge >= 0.3 is 0 Å². The first-order chi connectivity index (χ1) is 10.0. The lowest BCUT2D eigenvalue weighted by atomic mass is 10.1. The van der Waals surface area contributed by atoms with Crippen molar-refractivity contribution in [1.29, 1.82) is 0 Å². The number of nitro groups is 1. The number of hydrogen-bond donors (Lipinski definition) is 0. The van der Waals surface area contributed by atoms with Crippen LogP contribution in [0, 0.1) is 15.9 Å². The van der Waals surface area contributed by atoms with Crippen molar-refractivity contribution in [3.63, 3.8) is 0 Å². The van der Waals surface area contributed by atoms with E-state index in [0.29, 0.717) is 18.8 Å². The average molecular weight is 326 g/mol. The maximum atomic E-state index is 14.0. The van der Waals surface area contributed by atoms with Crippen LogP contribution in [0.4, 0.5) is 15.8 Å². The molecule has 1 aromatic carbocycles. The lowest BCUT2D eigenvalue weighted by Crippen LogP contribution is -2.58. The van der Waals surface area contributed by atoms with Crippen molar-refractivity contribution in [3.05, 3.63) is 34.1 Å². The van der Waals surface area contributed by atoms with E-state index in [9.17, 15) is 14.5 Å². The molecule has 0 aliphatic carbocycles. The molecule has 0 aromatic heterocycles. The Kier molecular flexibility index (Phi) is 4.32. The van der Waals surface area contributed by atoms with Crippen LogP contribution in [0.5, 0.6) is 0 Å². The van der Waals surface area contributed by atoms with Gasteiger partial charge in [-0.15, -0.1) is 0 Å². The second-order valence-electron chi connectivity index (χ2n) is 7.30. The largest absolute Gasteiger partial charge is 0.410 e. The monoisotopic (exact) mass is 326 g/mol. The molecule has 1 aliphatic rings. The summed E-state index contributed by atoms with van der Waals surface area (Å²) < 4.78 is 20.2. The summed E-state index contributed by atoms with van der Waals surface area (Å²) in [7, 11) is -1.82. The third kappa shape index (κ3) is 3.30. The van der Waals surface area contributed by atoms with Gasteiger partial charge in [0.25, 0.3) is 5.69 Å². The zero-order valence-corrected chi connectivity index (χ0v) is 14.7. The van der Waals surface area contributed by atoms with Crippen molar-refractivity contribution in [1.82, 2.24) is 0 Å². The molecule has 0 saturated carbocycles. The van der Waals surface area contributed by atoms with E-state index >= 15 is 0 Å². The molecule has 22 heavy (non-hydrogen) atoms. The smallest absolute Gasteiger partial charge is 0.272 e. The Morgan fingerprint density at radius 3 is 2.41 bits per heavy atom. The summed E-state index contributed by atoms with van der Waals surface area (Å²) in [6, 6.07) is 3.77. The number of anilines is 1. The molecule has 2 rings (SSSR count). The molecule has 122 valence electrons. The Balaban J connectivity index is 1.99. The number of benzene rings is 1. The predicted octanol–water partition coefficient (Wildman–Crippen LogP) is 3.94. The highest BCUT2D eigenvalue weighted by Crippen LogP contribution is 2.39. The number of nitrogens with zero attached hydrogens (tertiary/aromatic N) is 2. The minimum Gasteiger partial charge on any atom is -0.410 e. The molecule has 1 heterocycles. The fourth-order valence-electron chi connectivity index (χ4n) is 2.17. The summed E-state index contributed by atoms with van der Waals surface area (Å²) in [5.74, 6) is -0.556. The van der Waals surface area contributed by atoms with Crippen molar-refractivity contribution < 1.29 is 13.7 Å². The Labute approximate surface area is 131 Å². The SMILES string of the molecule is CC(C)(C)[Si](C)(C)OC1CN(c2ccc([N+](=O)[O-])cc2F)C1. The fraction of sp³-hybridized carbons (Fsp3) is 0.600. The molecule has 0 radical (unpaired) electrons. The Morgan fingerprint density at radius 2 is 1.95 bits per heavy atom. The van der Waals surface area contributed by atoms with Gasteiger partial charge in [0, 0.05) is 19.2 Å². The van der Waals surface area contributed by atoms with Crippen molar-refractivity contribution in [2.75, 3.05) is 18.0 Å². The fourth-order valence-corrected chi connectivity index (χ4v) is 3.50. The van der Waals surface area contributed by atoms with Gasteiger partial charge < -0.3 is 9.33 Å². The van der Waals surface area contributed by atoms with Gasteiger partial charge in [0.15, 0.2) is 14.1 Å². The molecule has 0 atom stereocenters. The van der Waals surface area contributed by atoms with Crippen molar-refractivity contribution in [3.8, 4) is 0 Å². The van der Waals surface area contributed by atoms with Crippen LogP contribution in [0.25, 0.3) is 0 Å². The van der Waals surface area contributed by atoms with Gasteiger partial charge in [-0.25, -0.2) is 4.39 Å². The van der Waals surface area contributed by atoms with Gasteiger partial charge in [-0.05, 0) is 24.2 Å². The van der Waals surface area contributed by atoms with Crippen LogP contribution >= 0.6 is 0 Å². The number of nitro benzene ring substituents is 1. The molecule has 1 fully saturated rings. The standard InChI is InChI=1S/C15H23FN2O3Si/c1-15(2,3)22(4,5)21-12-9-17(10-12)14-7-6-11(18(19)20)8-13(14)16/h6-8,12H,9-10H2,1-5H3. The van der Waals surface area contributed by atoms with Gasteiger partial charge in [-0.3, -0.25) is 10.1 Å². The maximum Gasteiger partial charge on any atom is 0.272 e. The van der Waals surface area contributed by atoms with E-state index in [-0.39, 0.29) is 16.8 Å². The normalized spacial score (nSPS) is 16.5. The van der Waals surface area contributed by atoms with Crippen molar-refractivity contribution in [2.45, 2.75) is 45.0 Å². The first-order valence-corrected chi connectivity index (χ1v) is 10.3. The number of rotatable bonds is 4. The van der Waals surface area contributed by atoms with Crippen LogP contribution in [-0.2, 0) is 4.43 Å². The van der Waals surface area contributed by atoms with E-state index in [1.54, 1.807) is 0 Å². The van der Waals surface area contributed by atoms with Crippen LogP contribution in [0.15, 0.2) is 18.2 Å². The Morgan fingerprint density at radius 1 is 1.36 bits per heavy atom. The molecule has 7 heteroatoms. The Bertz CT molecular complexity index is 581. The summed E-state index contributed by atoms with van der Waals surface area (Å²) in [6.07, 6.45) is 0.107. The van der Waals surface area contributed by atoms with Gasteiger partial charge in [-0.1, -0.05) is 20.8 Å². The van der Waals surface area contributed by atoms with Crippen LogP contribution in [0.2, 0.25) is 18.1 Å². The number of halogens is 1. The lowest BCUT2D eigenvalue weighted by Gasteiger charge is -2.47. The van der Waals surface area contributed by atoms with E-state index in [2.05, 4.69) is 33.9 Å². The summed E-state index contributed by atoms with van der Waals surface area (Å²) in [4.78, 5) is 11.9. The van der Waals surface area contributed by atoms with Gasteiger partial charge in [-0.2, -0.15) is 0 Å². The van der Waals surface area contributed by atoms with E-state index in [4.69, 9.17) is 4.43 Å². The highest BCUT2D eigenvalue weighted by Gasteiger charge is 2.42. The molecule has 0 unspecified atom stereocenters. The third-order valence-electron chi connectivity index (χ3n) is 4.60. The molecule has 1 aromatic rings. The quantitative estimate of drug-likeness (QED) is 0.478. The summed E-state index contributed by atoms with van der Waals surface area (Å²) in [5, 5.41) is 10.8. The highest BCUT2D eigenvalue weighted by molar-refractivity contribution is 6.74. The Hall–Kier alpha value is -1.47. The molecule has 0 bridgehead atoms. The molecule has 5 nitrogen and oxygen atoms in total. The topological polar surface area (TPSA) is 55.6 Å². The van der Waals surface area contributed by atoms with Crippen LogP contribution < -0.4 is 4.90 Å². The van der Waals surface area contributed by atoms with Crippen LogP contribution in [0.1, 0.15) is 20.8 Å². The van der Waals surface area contributed by atoms with Gasteiger partial charge in [0.05, 0.1) is 22.8 Å². The van der Waals surface area contributed by atoms with Gasteiger partial charge in [0.1, 0.15) is 0 Å². The first-order valence-electron chi connectivity index (χ1n) is 7.38. The number of non-ortho nitro benzene ring substituents is 1. The average Bonchev–Trinajstić information content (AvgIpc) is 2.32. The zero-order valence-electron chi connectivity index (χ0n) is 13.7. The van der Waals surface area contributed by atoms with Gasteiger partial charge in [0.2, 0.25) is 0 Å². The molecule has 0 amide bonds. The highest BCUT2D eigenvalue weighted by atomic mass is 28.4. The second kappa shape index (κ2) is 5.62. The van der Waals surface area contributed by atoms with Crippen molar-refractivity contribution >= 4 is 19.7 Å². The molecule has 0 N–H and O–H groups in total. The second-order valence-corrected chi connectivity index (χ2v) is 12.1. The minimum absolute atomic E-state index is 0.107. The predicted molar refractivity (Wildman–Crippen MR) is 87.3 cm³/mol. The summed E-state index contributed by atoms with van der Waals surface area (Å²) in [5.41, 5.74) is 0.177. The zero-order chi connectivity index (χ0) is 16.7. The van der Waals surface area contributed by atoms with Crippen LogP contribution in [-0.4, -0.2) is 32.4 Å². The third-order valence-corrected chi connectivity index (χ3v) is 9.13. The molecular formula is C15H23FN2O3Si.